The number of hydrogen-bond donors (Lipinski definition) is 0. The van der Waals surface area contributed by atoms with Gasteiger partial charge in [-0.15, -0.1) is 0 Å². The van der Waals surface area contributed by atoms with Gasteiger partial charge < -0.3 is 9.30 Å². The highest BCUT2D eigenvalue weighted by Gasteiger charge is 2.11. The molecule has 1 aromatic heterocycles. The Hall–Kier alpha value is -1.03. The van der Waals surface area contributed by atoms with E-state index < -0.39 is 0 Å². The normalized spacial score (nSPS) is 12.5. The SMILES string of the molecule is CCCCCCCC(Cn1ccnc1)OCc1ccc(Cl)c(Cl)c1. The fourth-order valence-corrected chi connectivity index (χ4v) is 3.00. The highest BCUT2D eigenvalue weighted by molar-refractivity contribution is 6.42. The molecule has 132 valence electrons. The second-order valence-electron chi connectivity index (χ2n) is 6.14. The third kappa shape index (κ3) is 6.84. The van der Waals surface area contributed by atoms with Crippen molar-refractivity contribution in [2.75, 3.05) is 0 Å². The van der Waals surface area contributed by atoms with Crippen LogP contribution in [0.2, 0.25) is 10.0 Å². The summed E-state index contributed by atoms with van der Waals surface area (Å²) in [5, 5.41) is 1.15. The molecule has 0 spiro atoms. The molecule has 0 amide bonds. The van der Waals surface area contributed by atoms with Crippen LogP contribution in [-0.2, 0) is 17.9 Å². The minimum atomic E-state index is 0.176. The van der Waals surface area contributed by atoms with Crippen LogP contribution in [0.25, 0.3) is 0 Å². The smallest absolute Gasteiger partial charge is 0.0946 e. The summed E-state index contributed by atoms with van der Waals surface area (Å²) in [5.74, 6) is 0. The number of benzene rings is 1. The Morgan fingerprint density at radius 3 is 2.67 bits per heavy atom. The average molecular weight is 369 g/mol. The standard InChI is InChI=1S/C19H26Cl2N2O/c1-2-3-4-5-6-7-17(13-23-11-10-22-15-23)24-14-16-8-9-18(20)19(21)12-16/h8-12,15,17H,2-7,13-14H2,1H3. The highest BCUT2D eigenvalue weighted by Crippen LogP contribution is 2.23. The Bertz CT molecular complexity index is 587. The molecule has 2 rings (SSSR count). The fourth-order valence-electron chi connectivity index (χ4n) is 2.68. The van der Waals surface area contributed by atoms with E-state index in [4.69, 9.17) is 27.9 Å². The summed E-state index contributed by atoms with van der Waals surface area (Å²) >= 11 is 12.0. The topological polar surface area (TPSA) is 27.1 Å². The van der Waals surface area contributed by atoms with E-state index in [1.807, 2.05) is 30.7 Å². The van der Waals surface area contributed by atoms with Crippen LogP contribution in [0, 0.1) is 0 Å². The van der Waals surface area contributed by atoms with Crippen molar-refractivity contribution in [1.29, 1.82) is 0 Å². The Morgan fingerprint density at radius 1 is 1.12 bits per heavy atom. The number of unbranched alkanes of at least 4 members (excludes halogenated alkanes) is 4. The third-order valence-electron chi connectivity index (χ3n) is 4.07. The number of imidazole rings is 1. The van der Waals surface area contributed by atoms with Gasteiger partial charge in [0.05, 0.1) is 29.1 Å². The van der Waals surface area contributed by atoms with Gasteiger partial charge in [0.15, 0.2) is 0 Å². The zero-order chi connectivity index (χ0) is 17.2. The maximum atomic E-state index is 6.15. The molecule has 1 unspecified atom stereocenters. The maximum Gasteiger partial charge on any atom is 0.0946 e. The monoisotopic (exact) mass is 368 g/mol. The molecule has 0 fully saturated rings. The minimum absolute atomic E-state index is 0.176. The molecule has 0 saturated heterocycles. The summed E-state index contributed by atoms with van der Waals surface area (Å²) in [5.41, 5.74) is 1.05. The van der Waals surface area contributed by atoms with Crippen LogP contribution in [-0.4, -0.2) is 15.7 Å². The second-order valence-corrected chi connectivity index (χ2v) is 6.96. The maximum absolute atomic E-state index is 6.15. The van der Waals surface area contributed by atoms with Crippen molar-refractivity contribution < 1.29 is 4.74 Å². The molecule has 24 heavy (non-hydrogen) atoms. The molecule has 0 saturated carbocycles. The van der Waals surface area contributed by atoms with E-state index >= 15 is 0 Å². The van der Waals surface area contributed by atoms with E-state index in [1.54, 1.807) is 6.20 Å². The van der Waals surface area contributed by atoms with Gasteiger partial charge in [-0.05, 0) is 24.1 Å². The van der Waals surface area contributed by atoms with Crippen LogP contribution in [0.3, 0.4) is 0 Å². The first-order chi connectivity index (χ1) is 11.7. The van der Waals surface area contributed by atoms with Crippen LogP contribution in [0.5, 0.6) is 0 Å². The van der Waals surface area contributed by atoms with E-state index in [1.165, 1.54) is 32.1 Å². The van der Waals surface area contributed by atoms with Crippen molar-refractivity contribution in [3.63, 3.8) is 0 Å². The van der Waals surface area contributed by atoms with Gasteiger partial charge in [0.1, 0.15) is 0 Å². The van der Waals surface area contributed by atoms with Gasteiger partial charge in [-0.3, -0.25) is 0 Å². The molecule has 1 atom stereocenters. The number of halogens is 2. The van der Waals surface area contributed by atoms with E-state index in [-0.39, 0.29) is 6.10 Å². The van der Waals surface area contributed by atoms with Gasteiger partial charge in [0, 0.05) is 18.9 Å². The summed E-state index contributed by atoms with van der Waals surface area (Å²) in [7, 11) is 0. The molecule has 0 radical (unpaired) electrons. The lowest BCUT2D eigenvalue weighted by molar-refractivity contribution is 0.0221. The Morgan fingerprint density at radius 2 is 1.96 bits per heavy atom. The molecular weight excluding hydrogens is 343 g/mol. The van der Waals surface area contributed by atoms with Gasteiger partial charge in [-0.25, -0.2) is 4.98 Å². The summed E-state index contributed by atoms with van der Waals surface area (Å²) in [6.07, 6.45) is 13.2. The average Bonchev–Trinajstić information content (AvgIpc) is 3.08. The number of rotatable bonds is 11. The van der Waals surface area contributed by atoms with Crippen molar-refractivity contribution in [3.8, 4) is 0 Å². The molecule has 0 N–H and O–H groups in total. The van der Waals surface area contributed by atoms with E-state index in [0.29, 0.717) is 16.7 Å². The highest BCUT2D eigenvalue weighted by atomic mass is 35.5. The van der Waals surface area contributed by atoms with Gasteiger partial charge in [-0.1, -0.05) is 68.3 Å². The number of ether oxygens (including phenoxy) is 1. The lowest BCUT2D eigenvalue weighted by atomic mass is 10.1. The van der Waals surface area contributed by atoms with Crippen LogP contribution >= 0.6 is 23.2 Å². The number of aromatic nitrogens is 2. The van der Waals surface area contributed by atoms with Crippen molar-refractivity contribution >= 4 is 23.2 Å². The third-order valence-corrected chi connectivity index (χ3v) is 4.81. The van der Waals surface area contributed by atoms with E-state index in [2.05, 4.69) is 16.5 Å². The Balaban J connectivity index is 1.85. The zero-order valence-electron chi connectivity index (χ0n) is 14.3. The summed E-state index contributed by atoms with van der Waals surface area (Å²) < 4.78 is 8.23. The first-order valence-corrected chi connectivity index (χ1v) is 9.46. The largest absolute Gasteiger partial charge is 0.372 e. The van der Waals surface area contributed by atoms with Crippen LogP contribution in [0.4, 0.5) is 0 Å². The van der Waals surface area contributed by atoms with E-state index in [9.17, 15) is 0 Å². The lowest BCUT2D eigenvalue weighted by Gasteiger charge is -2.19. The molecule has 0 bridgehead atoms. The molecule has 3 nitrogen and oxygen atoms in total. The number of hydrogen-bond acceptors (Lipinski definition) is 2. The predicted molar refractivity (Wildman–Crippen MR) is 101 cm³/mol. The summed E-state index contributed by atoms with van der Waals surface area (Å²) in [4.78, 5) is 4.11. The Kier molecular flexibility index (Phi) is 8.65. The van der Waals surface area contributed by atoms with E-state index in [0.717, 1.165) is 18.5 Å². The van der Waals surface area contributed by atoms with Gasteiger partial charge in [0.2, 0.25) is 0 Å². The van der Waals surface area contributed by atoms with Crippen molar-refractivity contribution in [2.45, 2.75) is 64.7 Å². The van der Waals surface area contributed by atoms with Crippen molar-refractivity contribution in [2.24, 2.45) is 0 Å². The summed E-state index contributed by atoms with van der Waals surface area (Å²) in [6, 6.07) is 5.65. The van der Waals surface area contributed by atoms with Gasteiger partial charge in [-0.2, -0.15) is 0 Å². The van der Waals surface area contributed by atoms with Crippen molar-refractivity contribution in [3.05, 3.63) is 52.5 Å². The Labute approximate surface area is 154 Å². The van der Waals surface area contributed by atoms with Crippen LogP contribution < -0.4 is 0 Å². The van der Waals surface area contributed by atoms with Gasteiger partial charge in [0.25, 0.3) is 0 Å². The molecule has 2 aromatic rings. The fraction of sp³-hybridized carbons (Fsp3) is 0.526. The molecular formula is C19H26Cl2N2O. The minimum Gasteiger partial charge on any atom is -0.372 e. The first kappa shape index (κ1) is 19.3. The quantitative estimate of drug-likeness (QED) is 0.445. The second kappa shape index (κ2) is 10.8. The molecule has 5 heteroatoms. The molecule has 0 aliphatic heterocycles. The predicted octanol–water partition coefficient (Wildman–Crippen LogP) is 6.14. The first-order valence-electron chi connectivity index (χ1n) is 8.70. The van der Waals surface area contributed by atoms with Crippen LogP contribution in [0.15, 0.2) is 36.9 Å². The molecule has 0 aliphatic rings. The molecule has 0 aliphatic carbocycles. The number of nitrogens with zero attached hydrogens (tertiary/aromatic N) is 2. The van der Waals surface area contributed by atoms with Crippen molar-refractivity contribution in [1.82, 2.24) is 9.55 Å². The lowest BCUT2D eigenvalue weighted by Crippen LogP contribution is -2.19. The van der Waals surface area contributed by atoms with Crippen LogP contribution in [0.1, 0.15) is 51.0 Å². The molecule has 1 heterocycles. The zero-order valence-corrected chi connectivity index (χ0v) is 15.8. The summed E-state index contributed by atoms with van der Waals surface area (Å²) in [6.45, 7) is 3.61. The van der Waals surface area contributed by atoms with Gasteiger partial charge >= 0.3 is 0 Å². The molecule has 1 aromatic carbocycles.